The van der Waals surface area contributed by atoms with Crippen LogP contribution in [0.1, 0.15) is 26.3 Å². The van der Waals surface area contributed by atoms with E-state index in [0.717, 1.165) is 0 Å². The average molecular weight is 423 g/mol. The normalized spacial score (nSPS) is 12.9. The molecule has 0 saturated heterocycles. The SMILES string of the molecule is CC(C)OC(=O)C(C)N(C)c1ccc(F)cc1[CH]=[Ru]([Cl])[Cl]. The van der Waals surface area contributed by atoms with Crippen molar-refractivity contribution in [1.82, 2.24) is 0 Å². The Morgan fingerprint density at radius 3 is 2.52 bits per heavy atom. The monoisotopic (exact) mass is 423 g/mol. The second-order valence-electron chi connectivity index (χ2n) is 4.78. The van der Waals surface area contributed by atoms with Crippen LogP contribution in [-0.4, -0.2) is 29.8 Å². The number of hydrogen-bond donors (Lipinski definition) is 0. The quantitative estimate of drug-likeness (QED) is 0.535. The Kier molecular flexibility index (Phi) is 7.25. The zero-order chi connectivity index (χ0) is 16.2. The van der Waals surface area contributed by atoms with Crippen LogP contribution in [0.15, 0.2) is 18.2 Å². The van der Waals surface area contributed by atoms with Crippen molar-refractivity contribution in [3.8, 4) is 0 Å². The predicted octanol–water partition coefficient (Wildman–Crippen LogP) is 3.68. The minimum absolute atomic E-state index is 0.185. The number of benzene rings is 1. The Morgan fingerprint density at radius 1 is 1.38 bits per heavy atom. The summed E-state index contributed by atoms with van der Waals surface area (Å²) in [5.74, 6) is -0.715. The van der Waals surface area contributed by atoms with Crippen LogP contribution in [0.2, 0.25) is 0 Å². The van der Waals surface area contributed by atoms with Gasteiger partial charge in [0.25, 0.3) is 0 Å². The Labute approximate surface area is 137 Å². The fourth-order valence-corrected chi connectivity index (χ4v) is 3.50. The van der Waals surface area contributed by atoms with Crippen LogP contribution in [0.25, 0.3) is 0 Å². The summed E-state index contributed by atoms with van der Waals surface area (Å²) in [6.07, 6.45) is -0.185. The van der Waals surface area contributed by atoms with Gasteiger partial charge in [0.1, 0.15) is 0 Å². The average Bonchev–Trinajstić information content (AvgIpc) is 2.35. The van der Waals surface area contributed by atoms with Gasteiger partial charge in [-0.2, -0.15) is 0 Å². The molecule has 7 heteroatoms. The summed E-state index contributed by atoms with van der Waals surface area (Å²) < 4.78 is 20.2. The molecule has 1 atom stereocenters. The van der Waals surface area contributed by atoms with Gasteiger partial charge in [0.05, 0.1) is 0 Å². The van der Waals surface area contributed by atoms with Crippen molar-refractivity contribution in [3.63, 3.8) is 0 Å². The number of carbonyl (C=O) groups is 1. The molecule has 0 amide bonds. The van der Waals surface area contributed by atoms with E-state index in [0.29, 0.717) is 11.3 Å². The molecule has 0 aliphatic carbocycles. The van der Waals surface area contributed by atoms with Crippen LogP contribution in [0.4, 0.5) is 10.1 Å². The maximum atomic E-state index is 13.4. The third-order valence-corrected chi connectivity index (χ3v) is 4.66. The van der Waals surface area contributed by atoms with Crippen molar-refractivity contribution in [2.45, 2.75) is 32.9 Å². The van der Waals surface area contributed by atoms with Gasteiger partial charge >= 0.3 is 138 Å². The van der Waals surface area contributed by atoms with Crippen LogP contribution in [0.5, 0.6) is 0 Å². The third-order valence-electron chi connectivity index (χ3n) is 2.83. The molecule has 1 aromatic rings. The molecule has 1 unspecified atom stereocenters. The number of ether oxygens (including phenoxy) is 1. The van der Waals surface area contributed by atoms with E-state index in [1.807, 2.05) is 0 Å². The van der Waals surface area contributed by atoms with E-state index < -0.39 is 19.6 Å². The summed E-state index contributed by atoms with van der Waals surface area (Å²) in [5, 5.41) is 0. The fourth-order valence-electron chi connectivity index (χ4n) is 1.71. The van der Waals surface area contributed by atoms with E-state index >= 15 is 0 Å². The van der Waals surface area contributed by atoms with Gasteiger partial charge in [-0.3, -0.25) is 0 Å². The van der Waals surface area contributed by atoms with Crippen molar-refractivity contribution in [3.05, 3.63) is 29.6 Å². The molecule has 0 aliphatic heterocycles. The van der Waals surface area contributed by atoms with E-state index in [-0.39, 0.29) is 17.9 Å². The number of halogens is 3. The number of rotatable bonds is 5. The van der Waals surface area contributed by atoms with Crippen LogP contribution >= 0.6 is 19.4 Å². The first-order valence-corrected chi connectivity index (χ1v) is 11.8. The van der Waals surface area contributed by atoms with Gasteiger partial charge in [0.15, 0.2) is 0 Å². The van der Waals surface area contributed by atoms with Crippen molar-refractivity contribution in [2.75, 3.05) is 11.9 Å². The van der Waals surface area contributed by atoms with Gasteiger partial charge in [0.2, 0.25) is 0 Å². The minimum atomic E-state index is -2.10. The number of hydrogen-bond acceptors (Lipinski definition) is 3. The van der Waals surface area contributed by atoms with Crippen molar-refractivity contribution < 1.29 is 27.4 Å². The van der Waals surface area contributed by atoms with Gasteiger partial charge in [-0.05, 0) is 0 Å². The molecular formula is C14H18Cl2FNO2Ru. The standard InChI is InChI=1S/C14H18FNO2.2ClH.Ru/c1-9(2)18-14(17)11(4)16(5)13-7-6-12(15)8-10(13)3;;;/h3,6-9,11H,1-2,4-5H3;2*1H;/q;;;+2/p-2. The molecule has 120 valence electrons. The van der Waals surface area contributed by atoms with Crippen LogP contribution in [0, 0.1) is 5.82 Å². The molecule has 0 fully saturated rings. The number of anilines is 1. The van der Waals surface area contributed by atoms with Gasteiger partial charge in [-0.25, -0.2) is 0 Å². The first-order chi connectivity index (χ1) is 9.72. The molecule has 0 saturated carbocycles. The summed E-state index contributed by atoms with van der Waals surface area (Å²) in [7, 11) is 13.5. The first kappa shape index (κ1) is 18.5. The van der Waals surface area contributed by atoms with E-state index in [2.05, 4.69) is 0 Å². The van der Waals surface area contributed by atoms with E-state index in [9.17, 15) is 9.18 Å². The summed E-state index contributed by atoms with van der Waals surface area (Å²) >= 11 is -2.10. The molecule has 1 aromatic carbocycles. The zero-order valence-corrected chi connectivity index (χ0v) is 15.5. The zero-order valence-electron chi connectivity index (χ0n) is 12.2. The number of carbonyl (C=O) groups excluding carboxylic acids is 1. The second kappa shape index (κ2) is 8.21. The molecule has 0 heterocycles. The van der Waals surface area contributed by atoms with E-state index in [1.54, 1.807) is 43.4 Å². The topological polar surface area (TPSA) is 29.5 Å². The molecule has 0 spiro atoms. The Morgan fingerprint density at radius 2 is 2.00 bits per heavy atom. The first-order valence-electron chi connectivity index (χ1n) is 6.28. The summed E-state index contributed by atoms with van der Waals surface area (Å²) in [6, 6.07) is 3.80. The molecule has 1 rings (SSSR count). The summed E-state index contributed by atoms with van der Waals surface area (Å²) in [6.45, 7) is 5.31. The fraction of sp³-hybridized carbons (Fsp3) is 0.429. The Bertz CT molecular complexity index is 548. The molecule has 0 radical (unpaired) electrons. The molecule has 0 aliphatic rings. The number of nitrogens with zero attached hydrogens (tertiary/aromatic N) is 1. The Balaban J connectivity index is 3.09. The van der Waals surface area contributed by atoms with E-state index in [4.69, 9.17) is 24.1 Å². The van der Waals surface area contributed by atoms with Gasteiger partial charge in [-0.15, -0.1) is 0 Å². The molecule has 0 N–H and O–H groups in total. The van der Waals surface area contributed by atoms with Gasteiger partial charge < -0.3 is 0 Å². The third kappa shape index (κ3) is 5.65. The van der Waals surface area contributed by atoms with Crippen molar-refractivity contribution in [1.29, 1.82) is 0 Å². The number of likely N-dealkylation sites (N-methyl/N-ethyl adjacent to an activating group) is 1. The predicted molar refractivity (Wildman–Crippen MR) is 82.4 cm³/mol. The second-order valence-corrected chi connectivity index (χ2v) is 10.5. The van der Waals surface area contributed by atoms with Crippen LogP contribution in [0.3, 0.4) is 0 Å². The molecule has 0 bridgehead atoms. The molecular weight excluding hydrogens is 405 g/mol. The molecule has 0 aromatic heterocycles. The van der Waals surface area contributed by atoms with E-state index in [1.165, 1.54) is 12.1 Å². The number of esters is 1. The van der Waals surface area contributed by atoms with Crippen LogP contribution in [-0.2, 0) is 23.0 Å². The van der Waals surface area contributed by atoms with Gasteiger partial charge in [-0.1, -0.05) is 0 Å². The summed E-state index contributed by atoms with van der Waals surface area (Å²) in [4.78, 5) is 13.7. The molecule has 3 nitrogen and oxygen atoms in total. The summed E-state index contributed by atoms with van der Waals surface area (Å²) in [5.41, 5.74) is 1.27. The van der Waals surface area contributed by atoms with Crippen LogP contribution < -0.4 is 4.90 Å². The Hall–Kier alpha value is -0.507. The van der Waals surface area contributed by atoms with Gasteiger partial charge in [0, 0.05) is 0 Å². The molecule has 21 heavy (non-hydrogen) atoms. The van der Waals surface area contributed by atoms with Crippen molar-refractivity contribution >= 4 is 35.6 Å². The van der Waals surface area contributed by atoms with Crippen molar-refractivity contribution in [2.24, 2.45) is 0 Å². The maximum absolute atomic E-state index is 13.4.